The topological polar surface area (TPSA) is 72.4 Å². The summed E-state index contributed by atoms with van der Waals surface area (Å²) in [5.41, 5.74) is 8.60. The summed E-state index contributed by atoms with van der Waals surface area (Å²) in [6.07, 6.45) is 3.55. The molecule has 0 saturated heterocycles. The van der Waals surface area contributed by atoms with E-state index in [9.17, 15) is 4.79 Å². The normalized spacial score (nSPS) is 12.6. The Morgan fingerprint density at radius 1 is 1.53 bits per heavy atom. The number of nitrogens with two attached hydrogens (primary N) is 1. The van der Waals surface area contributed by atoms with Gasteiger partial charge in [0.1, 0.15) is 5.65 Å². The minimum atomic E-state index is -0.427. The van der Waals surface area contributed by atoms with Gasteiger partial charge in [-0.3, -0.25) is 4.79 Å². The molecule has 2 aromatic heterocycles. The average Bonchev–Trinajstić information content (AvgIpc) is 2.80. The molecule has 3 N–H and O–H groups in total. The minimum Gasteiger partial charge on any atom is -0.349 e. The van der Waals surface area contributed by atoms with Crippen LogP contribution in [0.2, 0.25) is 0 Å². The molecule has 2 rings (SSSR count). The van der Waals surface area contributed by atoms with Gasteiger partial charge in [0.05, 0.1) is 18.3 Å². The highest BCUT2D eigenvalue weighted by Gasteiger charge is 2.12. The highest BCUT2D eigenvalue weighted by Crippen LogP contribution is 2.08. The first kappa shape index (κ1) is 13.5. The van der Waals surface area contributed by atoms with Crippen molar-refractivity contribution >= 4 is 11.6 Å². The Kier molecular flexibility index (Phi) is 4.16. The van der Waals surface area contributed by atoms with Crippen LogP contribution in [-0.2, 0) is 11.3 Å². The van der Waals surface area contributed by atoms with Gasteiger partial charge >= 0.3 is 0 Å². The van der Waals surface area contributed by atoms with Gasteiger partial charge in [-0.25, -0.2) is 4.98 Å². The van der Waals surface area contributed by atoms with Crippen LogP contribution in [0.25, 0.3) is 5.65 Å². The third-order valence-corrected chi connectivity index (χ3v) is 3.13. The molecule has 0 aliphatic rings. The number of imidazole rings is 1. The molecule has 5 heteroatoms. The molecule has 1 atom stereocenters. The van der Waals surface area contributed by atoms with Crippen LogP contribution in [0.3, 0.4) is 0 Å². The maximum absolute atomic E-state index is 11.7. The Labute approximate surface area is 112 Å². The molecule has 5 nitrogen and oxygen atoms in total. The first-order valence-electron chi connectivity index (χ1n) is 6.58. The van der Waals surface area contributed by atoms with Gasteiger partial charge in [-0.2, -0.15) is 0 Å². The number of hydrogen-bond donors (Lipinski definition) is 2. The Balaban J connectivity index is 2.02. The molecule has 102 valence electrons. The third kappa shape index (κ3) is 3.12. The van der Waals surface area contributed by atoms with E-state index in [1.165, 1.54) is 0 Å². The van der Waals surface area contributed by atoms with Gasteiger partial charge in [0.2, 0.25) is 5.91 Å². The second kappa shape index (κ2) is 5.84. The summed E-state index contributed by atoms with van der Waals surface area (Å²) in [6.45, 7) is 4.45. The molecule has 0 aliphatic heterocycles. The van der Waals surface area contributed by atoms with Crippen molar-refractivity contribution in [2.24, 2.45) is 5.73 Å². The minimum absolute atomic E-state index is 0.115. The quantitative estimate of drug-likeness (QED) is 0.853. The zero-order valence-corrected chi connectivity index (χ0v) is 11.4. The third-order valence-electron chi connectivity index (χ3n) is 3.13. The summed E-state index contributed by atoms with van der Waals surface area (Å²) in [7, 11) is 0. The zero-order chi connectivity index (χ0) is 13.8. The number of nitrogens with zero attached hydrogens (tertiary/aromatic N) is 2. The molecule has 0 aliphatic carbocycles. The fraction of sp³-hybridized carbons (Fsp3) is 0.429. The lowest BCUT2D eigenvalue weighted by Gasteiger charge is -2.09. The smallest absolute Gasteiger partial charge is 0.237 e. The van der Waals surface area contributed by atoms with E-state index in [0.29, 0.717) is 13.0 Å². The van der Waals surface area contributed by atoms with Crippen LogP contribution in [-0.4, -0.2) is 21.3 Å². The van der Waals surface area contributed by atoms with E-state index in [1.807, 2.05) is 42.6 Å². The van der Waals surface area contributed by atoms with Crippen molar-refractivity contribution < 1.29 is 4.79 Å². The maximum Gasteiger partial charge on any atom is 0.237 e. The van der Waals surface area contributed by atoms with E-state index in [0.717, 1.165) is 23.5 Å². The number of rotatable bonds is 5. The van der Waals surface area contributed by atoms with E-state index in [1.54, 1.807) is 0 Å². The first-order chi connectivity index (χ1) is 9.11. The maximum atomic E-state index is 11.7. The summed E-state index contributed by atoms with van der Waals surface area (Å²) >= 11 is 0. The molecule has 1 unspecified atom stereocenters. The van der Waals surface area contributed by atoms with E-state index >= 15 is 0 Å². The van der Waals surface area contributed by atoms with Crippen molar-refractivity contribution in [3.8, 4) is 0 Å². The number of hydrogen-bond acceptors (Lipinski definition) is 3. The highest BCUT2D eigenvalue weighted by molar-refractivity contribution is 5.81. The van der Waals surface area contributed by atoms with Crippen molar-refractivity contribution in [3.05, 3.63) is 35.8 Å². The predicted octanol–water partition coefficient (Wildman–Crippen LogP) is 1.39. The molecule has 0 fully saturated rings. The van der Waals surface area contributed by atoms with Crippen molar-refractivity contribution in [1.82, 2.24) is 14.7 Å². The average molecular weight is 260 g/mol. The number of fused-ring (bicyclic) bond motifs is 1. The van der Waals surface area contributed by atoms with Crippen LogP contribution in [0.1, 0.15) is 31.2 Å². The van der Waals surface area contributed by atoms with Crippen LogP contribution < -0.4 is 11.1 Å². The van der Waals surface area contributed by atoms with E-state index in [2.05, 4.69) is 10.3 Å². The lowest BCUT2D eigenvalue weighted by atomic mass is 10.2. The Morgan fingerprint density at radius 3 is 3.00 bits per heavy atom. The summed E-state index contributed by atoms with van der Waals surface area (Å²) in [4.78, 5) is 16.2. The van der Waals surface area contributed by atoms with Crippen molar-refractivity contribution in [2.75, 3.05) is 0 Å². The van der Waals surface area contributed by atoms with E-state index in [-0.39, 0.29) is 5.91 Å². The molecule has 0 bridgehead atoms. The molecular formula is C14H20N4O. The first-order valence-corrected chi connectivity index (χ1v) is 6.58. The van der Waals surface area contributed by atoms with Gasteiger partial charge in [-0.05, 0) is 25.5 Å². The van der Waals surface area contributed by atoms with Crippen molar-refractivity contribution in [2.45, 2.75) is 39.3 Å². The summed E-state index contributed by atoms with van der Waals surface area (Å²) in [5.74, 6) is -0.115. The lowest BCUT2D eigenvalue weighted by molar-refractivity contribution is -0.122. The molecule has 0 radical (unpaired) electrons. The SMILES string of the molecule is CCCC(N)C(=O)NCc1cn2c(C)cccc2n1. The van der Waals surface area contributed by atoms with Gasteiger partial charge in [-0.1, -0.05) is 19.4 Å². The molecule has 2 heterocycles. The second-order valence-electron chi connectivity index (χ2n) is 4.74. The lowest BCUT2D eigenvalue weighted by Crippen LogP contribution is -2.40. The monoisotopic (exact) mass is 260 g/mol. The van der Waals surface area contributed by atoms with Crippen LogP contribution in [0.4, 0.5) is 0 Å². The summed E-state index contributed by atoms with van der Waals surface area (Å²) < 4.78 is 2.01. The molecule has 2 aromatic rings. The number of amides is 1. The molecule has 0 aromatic carbocycles. The Morgan fingerprint density at radius 2 is 2.32 bits per heavy atom. The standard InChI is InChI=1S/C14H20N4O/c1-3-5-12(15)14(19)16-8-11-9-18-10(2)6-4-7-13(18)17-11/h4,6-7,9,12H,3,5,8,15H2,1-2H3,(H,16,19). The largest absolute Gasteiger partial charge is 0.349 e. The summed E-state index contributed by atoms with van der Waals surface area (Å²) in [5, 5.41) is 2.82. The van der Waals surface area contributed by atoms with Gasteiger partial charge < -0.3 is 15.5 Å². The molecule has 19 heavy (non-hydrogen) atoms. The van der Waals surface area contributed by atoms with E-state index in [4.69, 9.17) is 5.73 Å². The van der Waals surface area contributed by atoms with Gasteiger partial charge in [-0.15, -0.1) is 0 Å². The number of pyridine rings is 1. The molecule has 0 saturated carbocycles. The van der Waals surface area contributed by atoms with Crippen molar-refractivity contribution in [3.63, 3.8) is 0 Å². The Hall–Kier alpha value is -1.88. The Bertz CT molecular complexity index is 576. The van der Waals surface area contributed by atoms with Crippen LogP contribution in [0.15, 0.2) is 24.4 Å². The van der Waals surface area contributed by atoms with Crippen LogP contribution >= 0.6 is 0 Å². The van der Waals surface area contributed by atoms with Gasteiger partial charge in [0.25, 0.3) is 0 Å². The number of carbonyl (C=O) groups is 1. The molecule has 1 amide bonds. The fourth-order valence-electron chi connectivity index (χ4n) is 2.03. The predicted molar refractivity (Wildman–Crippen MR) is 74.7 cm³/mol. The molecular weight excluding hydrogens is 240 g/mol. The van der Waals surface area contributed by atoms with Gasteiger partial charge in [0, 0.05) is 11.9 Å². The summed E-state index contributed by atoms with van der Waals surface area (Å²) in [6, 6.07) is 5.51. The molecule has 0 spiro atoms. The highest BCUT2D eigenvalue weighted by atomic mass is 16.2. The number of aromatic nitrogens is 2. The van der Waals surface area contributed by atoms with E-state index < -0.39 is 6.04 Å². The fourth-order valence-corrected chi connectivity index (χ4v) is 2.03. The number of carbonyl (C=O) groups excluding carboxylic acids is 1. The van der Waals surface area contributed by atoms with Crippen LogP contribution in [0, 0.1) is 6.92 Å². The zero-order valence-electron chi connectivity index (χ0n) is 11.4. The van der Waals surface area contributed by atoms with Gasteiger partial charge in [0.15, 0.2) is 0 Å². The second-order valence-corrected chi connectivity index (χ2v) is 4.74. The number of aryl methyl sites for hydroxylation is 1. The van der Waals surface area contributed by atoms with Crippen molar-refractivity contribution in [1.29, 1.82) is 0 Å². The number of nitrogens with one attached hydrogen (secondary N) is 1. The van der Waals surface area contributed by atoms with Crippen LogP contribution in [0.5, 0.6) is 0 Å².